The van der Waals surface area contributed by atoms with Crippen molar-refractivity contribution in [3.05, 3.63) is 143 Å². The Balaban J connectivity index is 0.000000331. The summed E-state index contributed by atoms with van der Waals surface area (Å²) in [4.78, 5) is 84.4. The molecule has 0 saturated carbocycles. The van der Waals surface area contributed by atoms with Gasteiger partial charge in [0.1, 0.15) is 5.78 Å². The summed E-state index contributed by atoms with van der Waals surface area (Å²) in [7, 11) is 4.51. The molecule has 0 saturated heterocycles. The number of carboxylic acid groups (broad SMARTS) is 7. The molecule has 0 amide bonds. The number of aromatic carboxylic acids is 4. The van der Waals surface area contributed by atoms with E-state index in [2.05, 4.69) is 49.5 Å². The van der Waals surface area contributed by atoms with E-state index in [1.807, 2.05) is 30.3 Å². The fourth-order valence-corrected chi connectivity index (χ4v) is 9.10. The van der Waals surface area contributed by atoms with Crippen LogP contribution in [0.25, 0.3) is 17.2 Å². The van der Waals surface area contributed by atoms with E-state index in [9.17, 15) is 51.5 Å². The highest BCUT2D eigenvalue weighted by atomic mass is 79.9. The fourth-order valence-electron chi connectivity index (χ4n) is 6.27. The zero-order chi connectivity index (χ0) is 58.5. The van der Waals surface area contributed by atoms with E-state index in [1.54, 1.807) is 18.2 Å². The number of Topliss-reactive ketones (excluding diaryl/α,β-unsaturated/α-hetero) is 1. The minimum atomic E-state index is -3.87. The van der Waals surface area contributed by atoms with Crippen molar-refractivity contribution in [1.82, 2.24) is 0 Å². The Morgan fingerprint density at radius 2 is 1.10 bits per heavy atom. The van der Waals surface area contributed by atoms with E-state index in [1.165, 1.54) is 56.7 Å². The summed E-state index contributed by atoms with van der Waals surface area (Å²) in [5.41, 5.74) is 1.70. The molecule has 412 valence electrons. The summed E-state index contributed by atoms with van der Waals surface area (Å²) in [6.45, 7) is 0. The van der Waals surface area contributed by atoms with Gasteiger partial charge in [-0.1, -0.05) is 83.3 Å². The smallest absolute Gasteiger partial charge is 0.342 e. The molecule has 7 N–H and O–H groups in total. The van der Waals surface area contributed by atoms with Crippen LogP contribution in [0.5, 0.6) is 17.2 Å². The van der Waals surface area contributed by atoms with Gasteiger partial charge >= 0.3 is 47.0 Å². The van der Waals surface area contributed by atoms with Crippen molar-refractivity contribution in [2.24, 2.45) is 0 Å². The average molecular weight is 1290 g/mol. The average Bonchev–Trinajstić information content (AvgIpc) is 3.75. The highest BCUT2D eigenvalue weighted by Gasteiger charge is 2.41. The van der Waals surface area contributed by atoms with E-state index in [4.69, 9.17) is 73.2 Å². The molecule has 6 rings (SSSR count). The van der Waals surface area contributed by atoms with Gasteiger partial charge < -0.3 is 50.0 Å². The summed E-state index contributed by atoms with van der Waals surface area (Å²) in [5, 5.41) is 56.2. The standard InChI is InChI=1S/C14H10O2.C12H14O5.C9H6ClF3O2S.C8H2Br2Cl2O4.C7H10O5/c15-14(16)12-7-3-6-11-10-5-2-1-4-9(10)8-13(11)12;1-15-9-6-8(4-5-11(13)14)7-10(16-2)12(9)17-3;10-8(11)9(12,13)16-6-4-2-1-3-5(6)7(14)15;9-3-1(7(13)14)5(11)4(10)2(6(3)12)8(15)16;8-5(1-3-6(9)10)2-4-7(11)12/h1-7H,8H2,(H,15,16);4-7H,1-3H3,(H,13,14);1-4,8H,(H,14,15);(H,13,14)(H,15,16);1-4H2,(H,9,10)(H,11,12). The van der Waals surface area contributed by atoms with Gasteiger partial charge in [0.2, 0.25) is 11.4 Å². The molecule has 1 atom stereocenters. The second-order valence-corrected chi connectivity index (χ2v) is 18.7. The van der Waals surface area contributed by atoms with Crippen molar-refractivity contribution in [3.63, 3.8) is 0 Å². The van der Waals surface area contributed by atoms with E-state index in [-0.39, 0.29) is 83.8 Å². The molecule has 5 aromatic carbocycles. The number of alkyl halides is 4. The number of benzene rings is 5. The summed E-state index contributed by atoms with van der Waals surface area (Å²) >= 11 is 21.7. The van der Waals surface area contributed by atoms with Crippen LogP contribution in [-0.4, -0.2) is 116 Å². The molecule has 0 spiro atoms. The Morgan fingerprint density at radius 1 is 0.649 bits per heavy atom. The van der Waals surface area contributed by atoms with Gasteiger partial charge in [-0.3, -0.25) is 14.4 Å². The van der Waals surface area contributed by atoms with Crippen molar-refractivity contribution < 1.29 is 101 Å². The first-order valence-electron chi connectivity index (χ1n) is 21.1. The van der Waals surface area contributed by atoms with Crippen molar-refractivity contribution in [2.75, 3.05) is 21.3 Å². The second-order valence-electron chi connectivity index (χ2n) is 14.8. The number of ketones is 1. The van der Waals surface area contributed by atoms with Crippen molar-refractivity contribution >= 4 is 132 Å². The van der Waals surface area contributed by atoms with Gasteiger partial charge in [-0.2, -0.15) is 8.78 Å². The molecular weight excluding hydrogens is 1240 g/mol. The zero-order valence-corrected chi connectivity index (χ0v) is 46.1. The van der Waals surface area contributed by atoms with Gasteiger partial charge in [0.05, 0.1) is 75.4 Å². The van der Waals surface area contributed by atoms with Crippen LogP contribution in [0.4, 0.5) is 13.2 Å². The number of fused-ring (bicyclic) bond motifs is 3. The van der Waals surface area contributed by atoms with E-state index in [0.717, 1.165) is 29.7 Å². The van der Waals surface area contributed by atoms with E-state index < -0.39 is 52.7 Å². The van der Waals surface area contributed by atoms with Gasteiger partial charge in [-0.25, -0.2) is 28.4 Å². The van der Waals surface area contributed by atoms with Crippen LogP contribution in [0.3, 0.4) is 0 Å². The zero-order valence-electron chi connectivity index (χ0n) is 39.8. The number of thioether (sulfide) groups is 1. The monoisotopic (exact) mass is 1280 g/mol. The predicted molar refractivity (Wildman–Crippen MR) is 284 cm³/mol. The quantitative estimate of drug-likeness (QED) is 0.0182. The number of aliphatic carboxylic acids is 3. The Morgan fingerprint density at radius 3 is 1.53 bits per heavy atom. The topological polar surface area (TPSA) is 306 Å². The Labute approximate surface area is 471 Å². The van der Waals surface area contributed by atoms with Gasteiger partial charge in [0.25, 0.3) is 0 Å². The number of halogens is 8. The summed E-state index contributed by atoms with van der Waals surface area (Å²) in [6.07, 6.45) is 2.61. The van der Waals surface area contributed by atoms with Crippen molar-refractivity contribution in [1.29, 1.82) is 0 Å². The maximum atomic E-state index is 12.9. The van der Waals surface area contributed by atoms with Crippen LogP contribution in [0.2, 0.25) is 10.0 Å². The molecule has 1 unspecified atom stereocenters. The molecular formula is C50H42Br2Cl3F3O18S. The second kappa shape index (κ2) is 31.4. The molecule has 0 heterocycles. The lowest BCUT2D eigenvalue weighted by atomic mass is 10.0. The van der Waals surface area contributed by atoms with Crippen LogP contribution in [0.1, 0.15) is 83.8 Å². The number of hydrogen-bond acceptors (Lipinski definition) is 12. The Bertz CT molecular complexity index is 2930. The third-order valence-electron chi connectivity index (χ3n) is 9.73. The molecule has 18 nitrogen and oxygen atoms in total. The lowest BCUT2D eigenvalue weighted by molar-refractivity contribution is -0.139. The third kappa shape index (κ3) is 19.9. The fraction of sp³-hybridized carbons (Fsp3) is 0.200. The minimum absolute atomic E-state index is 0.0627. The van der Waals surface area contributed by atoms with Crippen LogP contribution < -0.4 is 14.2 Å². The maximum absolute atomic E-state index is 12.9. The molecule has 1 aliphatic carbocycles. The summed E-state index contributed by atoms with van der Waals surface area (Å²) < 4.78 is 53.5. The number of carboxylic acids is 7. The predicted octanol–water partition coefficient (Wildman–Crippen LogP) is 12.6. The number of carbonyl (C=O) groups excluding carboxylic acids is 1. The van der Waals surface area contributed by atoms with Crippen molar-refractivity contribution in [3.8, 4) is 28.4 Å². The summed E-state index contributed by atoms with van der Waals surface area (Å²) in [6, 6.07) is 22.0. The first-order valence-corrected chi connectivity index (χ1v) is 24.7. The molecule has 0 fully saturated rings. The summed E-state index contributed by atoms with van der Waals surface area (Å²) in [5.74, 6) is -6.80. The number of hydrogen-bond donors (Lipinski definition) is 7. The van der Waals surface area contributed by atoms with E-state index in [0.29, 0.717) is 28.4 Å². The number of methoxy groups -OCH3 is 3. The SMILES string of the molecule is COc1cc(C=CC(=O)O)cc(OC)c1OC.O=C(O)CCC(=O)CCC(=O)O.O=C(O)c1c(Cl)c(Br)c(C(=O)O)c(Cl)c1Br.O=C(O)c1cccc2c1Cc1ccccc1-2.O=C(O)c1ccccc1SC(F)(F)C(F)Cl. The highest BCUT2D eigenvalue weighted by Crippen LogP contribution is 2.44. The highest BCUT2D eigenvalue weighted by molar-refractivity contribution is 9.11. The van der Waals surface area contributed by atoms with Crippen molar-refractivity contribution in [2.45, 2.75) is 47.9 Å². The normalized spacial score (nSPS) is 11.2. The molecule has 0 aliphatic heterocycles. The van der Waals surface area contributed by atoms with Crippen LogP contribution in [-0.2, 0) is 25.6 Å². The molecule has 0 aromatic heterocycles. The molecule has 1 aliphatic rings. The Kier molecular flexibility index (Phi) is 27.0. The lowest BCUT2D eigenvalue weighted by Crippen LogP contribution is -2.21. The van der Waals surface area contributed by atoms with Crippen LogP contribution in [0.15, 0.2) is 98.8 Å². The maximum Gasteiger partial charge on any atom is 0.342 e. The molecule has 0 radical (unpaired) electrons. The number of ether oxygens (including phenoxy) is 3. The molecule has 0 bridgehead atoms. The largest absolute Gasteiger partial charge is 0.493 e. The van der Waals surface area contributed by atoms with Gasteiger partial charge in [0.15, 0.2) is 11.5 Å². The van der Waals surface area contributed by atoms with Gasteiger partial charge in [-0.05, 0) is 114 Å². The molecule has 27 heteroatoms. The first kappa shape index (κ1) is 66.3. The van der Waals surface area contributed by atoms with Gasteiger partial charge in [-0.15, -0.1) is 0 Å². The lowest BCUT2D eigenvalue weighted by Gasteiger charge is -2.16. The number of carbonyl (C=O) groups is 8. The van der Waals surface area contributed by atoms with E-state index >= 15 is 0 Å². The third-order valence-corrected chi connectivity index (χ3v) is 14.0. The van der Waals surface area contributed by atoms with Crippen LogP contribution in [0, 0.1) is 0 Å². The Hall–Kier alpha value is -6.83. The number of rotatable bonds is 18. The first-order chi connectivity index (χ1) is 36.0. The minimum Gasteiger partial charge on any atom is -0.493 e. The van der Waals surface area contributed by atoms with Crippen LogP contribution >= 0.6 is 78.4 Å². The molecule has 5 aromatic rings. The molecule has 77 heavy (non-hydrogen) atoms. The van der Waals surface area contributed by atoms with Gasteiger partial charge in [0, 0.05) is 23.8 Å².